The molecule has 0 fully saturated rings. The van der Waals surface area contributed by atoms with E-state index in [0.717, 1.165) is 21.1 Å². The van der Waals surface area contributed by atoms with Crippen LogP contribution in [0.25, 0.3) is 0 Å². The molecule has 2 aromatic rings. The number of rotatable bonds is 4. The average molecular weight is 384 g/mol. The summed E-state index contributed by atoms with van der Waals surface area (Å²) in [6, 6.07) is 12.6. The Balaban J connectivity index is 2.19. The minimum atomic E-state index is 0.601. The molecule has 0 aliphatic carbocycles. The molecule has 0 atom stereocenters. The van der Waals surface area contributed by atoms with Crippen LogP contribution >= 0.6 is 31.9 Å². The van der Waals surface area contributed by atoms with Crippen LogP contribution in [0.5, 0.6) is 5.75 Å². The highest BCUT2D eigenvalue weighted by molar-refractivity contribution is 9.10. The molecular formula is C16H16Br2O. The monoisotopic (exact) mass is 382 g/mol. The van der Waals surface area contributed by atoms with Gasteiger partial charge in [-0.05, 0) is 37.1 Å². The van der Waals surface area contributed by atoms with Gasteiger partial charge in [0, 0.05) is 15.4 Å². The van der Waals surface area contributed by atoms with Crippen molar-refractivity contribution in [2.24, 2.45) is 0 Å². The van der Waals surface area contributed by atoms with E-state index in [1.165, 1.54) is 16.7 Å². The summed E-state index contributed by atoms with van der Waals surface area (Å²) in [6.45, 7) is 4.77. The first-order valence-corrected chi connectivity index (χ1v) is 8.05. The van der Waals surface area contributed by atoms with Gasteiger partial charge in [0.25, 0.3) is 0 Å². The lowest BCUT2D eigenvalue weighted by Crippen LogP contribution is -2.00. The fourth-order valence-corrected chi connectivity index (χ4v) is 3.10. The fourth-order valence-electron chi connectivity index (χ4n) is 2.06. The van der Waals surface area contributed by atoms with Crippen molar-refractivity contribution in [3.8, 4) is 5.75 Å². The van der Waals surface area contributed by atoms with Gasteiger partial charge in [0.15, 0.2) is 0 Å². The summed E-state index contributed by atoms with van der Waals surface area (Å²) in [7, 11) is 0. The third-order valence-electron chi connectivity index (χ3n) is 2.93. The molecule has 0 amide bonds. The topological polar surface area (TPSA) is 9.23 Å². The van der Waals surface area contributed by atoms with Crippen molar-refractivity contribution in [2.75, 3.05) is 0 Å². The summed E-state index contributed by atoms with van der Waals surface area (Å²) < 4.78 is 7.09. The molecule has 0 aliphatic heterocycles. The second kappa shape index (κ2) is 6.58. The standard InChI is InChI=1S/C16H16Br2O/c1-11-4-3-5-13(6-11)10-19-16-12(2)7-15(18)8-14(16)9-17/h3-8H,9-10H2,1-2H3. The third kappa shape index (κ3) is 3.83. The fraction of sp³-hybridized carbons (Fsp3) is 0.250. The lowest BCUT2D eigenvalue weighted by atomic mass is 10.1. The van der Waals surface area contributed by atoms with Gasteiger partial charge in [-0.1, -0.05) is 61.7 Å². The van der Waals surface area contributed by atoms with Crippen LogP contribution in [0.2, 0.25) is 0 Å². The molecule has 100 valence electrons. The Bertz CT molecular complexity index is 579. The van der Waals surface area contributed by atoms with Gasteiger partial charge >= 0.3 is 0 Å². The van der Waals surface area contributed by atoms with Crippen molar-refractivity contribution in [2.45, 2.75) is 25.8 Å². The Morgan fingerprint density at radius 2 is 1.89 bits per heavy atom. The maximum atomic E-state index is 6.00. The number of alkyl halides is 1. The summed E-state index contributed by atoms with van der Waals surface area (Å²) in [5, 5.41) is 0.788. The summed E-state index contributed by atoms with van der Waals surface area (Å²) >= 11 is 7.03. The quantitative estimate of drug-likeness (QED) is 0.629. The Kier molecular flexibility index (Phi) is 5.06. The lowest BCUT2D eigenvalue weighted by molar-refractivity contribution is 0.301. The minimum Gasteiger partial charge on any atom is -0.488 e. The predicted octanol–water partition coefficient (Wildman–Crippen LogP) is 5.54. The van der Waals surface area contributed by atoms with Crippen LogP contribution < -0.4 is 4.74 Å². The molecule has 0 bridgehead atoms. The van der Waals surface area contributed by atoms with E-state index in [9.17, 15) is 0 Å². The van der Waals surface area contributed by atoms with E-state index in [2.05, 4.69) is 82.1 Å². The summed E-state index contributed by atoms with van der Waals surface area (Å²) in [6.07, 6.45) is 0. The van der Waals surface area contributed by atoms with Crippen LogP contribution in [0.15, 0.2) is 40.9 Å². The molecule has 0 heterocycles. The first kappa shape index (κ1) is 14.6. The maximum Gasteiger partial charge on any atom is 0.126 e. The van der Waals surface area contributed by atoms with Crippen LogP contribution in [-0.2, 0) is 11.9 Å². The maximum absolute atomic E-state index is 6.00. The highest BCUT2D eigenvalue weighted by Gasteiger charge is 2.08. The molecule has 19 heavy (non-hydrogen) atoms. The first-order chi connectivity index (χ1) is 9.10. The second-order valence-corrected chi connectivity index (χ2v) is 6.10. The molecule has 2 aromatic carbocycles. The van der Waals surface area contributed by atoms with E-state index in [1.807, 2.05) is 0 Å². The number of hydrogen-bond donors (Lipinski definition) is 0. The second-order valence-electron chi connectivity index (χ2n) is 4.62. The first-order valence-electron chi connectivity index (χ1n) is 6.13. The molecular weight excluding hydrogens is 368 g/mol. The Morgan fingerprint density at radius 3 is 2.58 bits per heavy atom. The van der Waals surface area contributed by atoms with Gasteiger partial charge in [-0.2, -0.15) is 0 Å². The van der Waals surface area contributed by atoms with Crippen molar-refractivity contribution >= 4 is 31.9 Å². The van der Waals surface area contributed by atoms with Crippen LogP contribution in [0.3, 0.4) is 0 Å². The normalized spacial score (nSPS) is 10.5. The Hall–Kier alpha value is -0.800. The van der Waals surface area contributed by atoms with Gasteiger partial charge in [-0.15, -0.1) is 0 Å². The van der Waals surface area contributed by atoms with E-state index >= 15 is 0 Å². The largest absolute Gasteiger partial charge is 0.488 e. The van der Waals surface area contributed by atoms with Crippen molar-refractivity contribution in [1.82, 2.24) is 0 Å². The van der Waals surface area contributed by atoms with E-state index in [4.69, 9.17) is 4.74 Å². The zero-order valence-electron chi connectivity index (χ0n) is 11.0. The molecule has 0 aromatic heterocycles. The summed E-state index contributed by atoms with van der Waals surface area (Å²) in [4.78, 5) is 0. The van der Waals surface area contributed by atoms with Crippen molar-refractivity contribution in [1.29, 1.82) is 0 Å². The van der Waals surface area contributed by atoms with Crippen LogP contribution in [0.1, 0.15) is 22.3 Å². The highest BCUT2D eigenvalue weighted by atomic mass is 79.9. The highest BCUT2D eigenvalue weighted by Crippen LogP contribution is 2.30. The molecule has 0 unspecified atom stereocenters. The Labute approximate surface area is 131 Å². The van der Waals surface area contributed by atoms with Crippen molar-refractivity contribution in [3.63, 3.8) is 0 Å². The zero-order valence-corrected chi connectivity index (χ0v) is 14.2. The van der Waals surface area contributed by atoms with Gasteiger partial charge in [0.2, 0.25) is 0 Å². The van der Waals surface area contributed by atoms with Crippen molar-refractivity contribution in [3.05, 3.63) is 63.1 Å². The molecule has 0 saturated carbocycles. The van der Waals surface area contributed by atoms with E-state index in [-0.39, 0.29) is 0 Å². The number of benzene rings is 2. The molecule has 0 saturated heterocycles. The molecule has 0 spiro atoms. The third-order valence-corrected chi connectivity index (χ3v) is 3.99. The van der Waals surface area contributed by atoms with Gasteiger partial charge < -0.3 is 4.74 Å². The smallest absolute Gasteiger partial charge is 0.126 e. The molecule has 2 rings (SSSR count). The van der Waals surface area contributed by atoms with E-state index in [1.54, 1.807) is 0 Å². The van der Waals surface area contributed by atoms with E-state index in [0.29, 0.717) is 6.61 Å². The van der Waals surface area contributed by atoms with E-state index < -0.39 is 0 Å². The number of halogens is 2. The number of aryl methyl sites for hydroxylation is 2. The zero-order chi connectivity index (χ0) is 13.8. The van der Waals surface area contributed by atoms with Crippen LogP contribution in [0, 0.1) is 13.8 Å². The summed E-state index contributed by atoms with van der Waals surface area (Å²) in [5.74, 6) is 0.974. The van der Waals surface area contributed by atoms with Gasteiger partial charge in [-0.3, -0.25) is 0 Å². The van der Waals surface area contributed by atoms with Crippen LogP contribution in [-0.4, -0.2) is 0 Å². The van der Waals surface area contributed by atoms with Gasteiger partial charge in [0.05, 0.1) is 0 Å². The molecule has 0 radical (unpaired) electrons. The lowest BCUT2D eigenvalue weighted by Gasteiger charge is -2.14. The predicted molar refractivity (Wildman–Crippen MR) is 87.0 cm³/mol. The molecule has 0 aliphatic rings. The average Bonchev–Trinajstić information content (AvgIpc) is 2.37. The Morgan fingerprint density at radius 1 is 1.11 bits per heavy atom. The molecule has 0 N–H and O–H groups in total. The van der Waals surface area contributed by atoms with Crippen LogP contribution in [0.4, 0.5) is 0 Å². The molecule has 3 heteroatoms. The molecule has 1 nitrogen and oxygen atoms in total. The minimum absolute atomic E-state index is 0.601. The SMILES string of the molecule is Cc1cccc(COc2c(C)cc(Br)cc2CBr)c1. The number of ether oxygens (including phenoxy) is 1. The van der Waals surface area contributed by atoms with Gasteiger partial charge in [-0.25, -0.2) is 0 Å². The summed E-state index contributed by atoms with van der Waals surface area (Å²) in [5.41, 5.74) is 4.77. The number of hydrogen-bond acceptors (Lipinski definition) is 1. The van der Waals surface area contributed by atoms with Crippen molar-refractivity contribution < 1.29 is 4.74 Å². The van der Waals surface area contributed by atoms with Gasteiger partial charge in [0.1, 0.15) is 12.4 Å².